The number of hydrogen-bond acceptors (Lipinski definition) is 3. The van der Waals surface area contributed by atoms with Crippen molar-refractivity contribution in [1.29, 1.82) is 0 Å². The molecule has 0 amide bonds. The van der Waals surface area contributed by atoms with Crippen LogP contribution in [0.5, 0.6) is 0 Å². The molecule has 0 rings (SSSR count). The molecule has 0 aromatic carbocycles. The Balaban J connectivity index is 3.94. The van der Waals surface area contributed by atoms with Crippen LogP contribution in [0, 0.1) is 11.3 Å². The Morgan fingerprint density at radius 1 is 1.27 bits per heavy atom. The van der Waals surface area contributed by atoms with Crippen molar-refractivity contribution in [1.82, 2.24) is 5.32 Å². The molecule has 0 aromatic heterocycles. The van der Waals surface area contributed by atoms with Gasteiger partial charge in [0, 0.05) is 33.9 Å². The minimum Gasteiger partial charge on any atom is -0.384 e. The van der Waals surface area contributed by atoms with Gasteiger partial charge in [0.25, 0.3) is 0 Å². The highest BCUT2D eigenvalue weighted by Gasteiger charge is 2.28. The molecule has 0 aliphatic rings. The van der Waals surface area contributed by atoms with Gasteiger partial charge in [0.05, 0.1) is 6.61 Å². The first kappa shape index (κ1) is 14.9. The van der Waals surface area contributed by atoms with Crippen LogP contribution in [0.15, 0.2) is 0 Å². The van der Waals surface area contributed by atoms with E-state index in [9.17, 15) is 0 Å². The summed E-state index contributed by atoms with van der Waals surface area (Å²) in [6.07, 6.45) is 1.16. The number of ether oxygens (including phenoxy) is 2. The lowest BCUT2D eigenvalue weighted by atomic mass is 9.76. The van der Waals surface area contributed by atoms with Gasteiger partial charge < -0.3 is 14.8 Å². The maximum atomic E-state index is 5.23. The second-order valence-electron chi connectivity index (χ2n) is 4.53. The molecule has 0 aromatic rings. The van der Waals surface area contributed by atoms with Crippen molar-refractivity contribution in [3.05, 3.63) is 0 Å². The van der Waals surface area contributed by atoms with E-state index in [1.54, 1.807) is 14.2 Å². The second-order valence-corrected chi connectivity index (χ2v) is 4.53. The highest BCUT2D eigenvalue weighted by Crippen LogP contribution is 2.30. The number of hydrogen-bond donors (Lipinski definition) is 1. The molecule has 0 heterocycles. The Morgan fingerprint density at radius 3 is 2.40 bits per heavy atom. The zero-order chi connectivity index (χ0) is 11.7. The van der Waals surface area contributed by atoms with Gasteiger partial charge in [0.15, 0.2) is 0 Å². The average molecular weight is 217 g/mol. The van der Waals surface area contributed by atoms with Gasteiger partial charge in [0.2, 0.25) is 0 Å². The van der Waals surface area contributed by atoms with E-state index in [0.717, 1.165) is 32.7 Å². The van der Waals surface area contributed by atoms with E-state index in [0.29, 0.717) is 11.3 Å². The lowest BCUT2D eigenvalue weighted by molar-refractivity contribution is 0.0757. The fraction of sp³-hybridized carbons (Fsp3) is 1.00. The smallest absolute Gasteiger partial charge is 0.0587 e. The van der Waals surface area contributed by atoms with Crippen LogP contribution in [-0.2, 0) is 9.47 Å². The van der Waals surface area contributed by atoms with Gasteiger partial charge in [-0.3, -0.25) is 0 Å². The first-order valence-corrected chi connectivity index (χ1v) is 5.79. The molecule has 0 radical (unpaired) electrons. The minimum absolute atomic E-state index is 0.309. The predicted octanol–water partition coefficient (Wildman–Crippen LogP) is 1.92. The van der Waals surface area contributed by atoms with Gasteiger partial charge in [-0.05, 0) is 17.8 Å². The Kier molecular flexibility index (Phi) is 8.02. The SMILES string of the molecule is CCC(C)(CNCCOC)C(C)COC. The third-order valence-electron chi connectivity index (χ3n) is 3.43. The maximum absolute atomic E-state index is 5.23. The van der Waals surface area contributed by atoms with Crippen molar-refractivity contribution in [2.45, 2.75) is 27.2 Å². The summed E-state index contributed by atoms with van der Waals surface area (Å²) in [5.74, 6) is 0.572. The van der Waals surface area contributed by atoms with Crippen LogP contribution in [0.1, 0.15) is 27.2 Å². The van der Waals surface area contributed by atoms with E-state index in [1.807, 2.05) is 0 Å². The summed E-state index contributed by atoms with van der Waals surface area (Å²) in [6, 6.07) is 0. The van der Waals surface area contributed by atoms with E-state index >= 15 is 0 Å². The third kappa shape index (κ3) is 5.50. The largest absolute Gasteiger partial charge is 0.384 e. The Morgan fingerprint density at radius 2 is 1.93 bits per heavy atom. The van der Waals surface area contributed by atoms with Crippen LogP contribution >= 0.6 is 0 Å². The van der Waals surface area contributed by atoms with Crippen LogP contribution in [0.3, 0.4) is 0 Å². The van der Waals surface area contributed by atoms with Crippen LogP contribution in [-0.4, -0.2) is 40.5 Å². The number of nitrogens with one attached hydrogen (secondary N) is 1. The van der Waals surface area contributed by atoms with Gasteiger partial charge in [-0.2, -0.15) is 0 Å². The maximum Gasteiger partial charge on any atom is 0.0587 e. The average Bonchev–Trinajstić information content (AvgIpc) is 2.24. The molecule has 15 heavy (non-hydrogen) atoms. The Hall–Kier alpha value is -0.120. The van der Waals surface area contributed by atoms with Crippen molar-refractivity contribution >= 4 is 0 Å². The minimum atomic E-state index is 0.309. The van der Waals surface area contributed by atoms with E-state index in [-0.39, 0.29) is 0 Å². The summed E-state index contributed by atoms with van der Waals surface area (Å²) >= 11 is 0. The van der Waals surface area contributed by atoms with Crippen molar-refractivity contribution in [3.8, 4) is 0 Å². The summed E-state index contributed by atoms with van der Waals surface area (Å²) in [5, 5.41) is 3.44. The molecule has 92 valence electrons. The van der Waals surface area contributed by atoms with Crippen LogP contribution < -0.4 is 5.32 Å². The first-order chi connectivity index (χ1) is 7.10. The number of rotatable bonds is 9. The zero-order valence-electron chi connectivity index (χ0n) is 10.9. The first-order valence-electron chi connectivity index (χ1n) is 5.79. The van der Waals surface area contributed by atoms with Crippen molar-refractivity contribution in [2.24, 2.45) is 11.3 Å². The Bertz CT molecular complexity index is 153. The summed E-state index contributed by atoms with van der Waals surface area (Å²) in [5.41, 5.74) is 0.309. The zero-order valence-corrected chi connectivity index (χ0v) is 10.9. The van der Waals surface area contributed by atoms with Gasteiger partial charge >= 0.3 is 0 Å². The quantitative estimate of drug-likeness (QED) is 0.599. The normalized spacial score (nSPS) is 17.4. The van der Waals surface area contributed by atoms with Gasteiger partial charge in [-0.1, -0.05) is 20.8 Å². The van der Waals surface area contributed by atoms with Crippen LogP contribution in [0.4, 0.5) is 0 Å². The lowest BCUT2D eigenvalue weighted by Gasteiger charge is -2.34. The highest BCUT2D eigenvalue weighted by molar-refractivity contribution is 4.80. The standard InChI is InChI=1S/C12H27NO2/c1-6-12(3,11(2)9-15-5)10-13-7-8-14-4/h11,13H,6-10H2,1-5H3. The van der Waals surface area contributed by atoms with Gasteiger partial charge in [-0.15, -0.1) is 0 Å². The summed E-state index contributed by atoms with van der Waals surface area (Å²) in [6.45, 7) is 10.4. The summed E-state index contributed by atoms with van der Waals surface area (Å²) in [4.78, 5) is 0. The molecular weight excluding hydrogens is 190 g/mol. The third-order valence-corrected chi connectivity index (χ3v) is 3.43. The lowest BCUT2D eigenvalue weighted by Crippen LogP contribution is -2.39. The van der Waals surface area contributed by atoms with Crippen molar-refractivity contribution in [2.75, 3.05) is 40.5 Å². The molecular formula is C12H27NO2. The molecule has 2 atom stereocenters. The predicted molar refractivity (Wildman–Crippen MR) is 64.2 cm³/mol. The highest BCUT2D eigenvalue weighted by atomic mass is 16.5. The van der Waals surface area contributed by atoms with E-state index < -0.39 is 0 Å². The van der Waals surface area contributed by atoms with E-state index in [2.05, 4.69) is 26.1 Å². The number of methoxy groups -OCH3 is 2. The molecule has 2 unspecified atom stereocenters. The van der Waals surface area contributed by atoms with Crippen LogP contribution in [0.25, 0.3) is 0 Å². The molecule has 0 saturated heterocycles. The van der Waals surface area contributed by atoms with E-state index in [1.165, 1.54) is 0 Å². The molecule has 0 spiro atoms. The van der Waals surface area contributed by atoms with Gasteiger partial charge in [-0.25, -0.2) is 0 Å². The molecule has 0 fully saturated rings. The topological polar surface area (TPSA) is 30.5 Å². The molecule has 0 bridgehead atoms. The summed E-state index contributed by atoms with van der Waals surface area (Å²) in [7, 11) is 3.50. The molecule has 0 aliphatic carbocycles. The molecule has 3 heteroatoms. The molecule has 1 N–H and O–H groups in total. The van der Waals surface area contributed by atoms with Crippen molar-refractivity contribution < 1.29 is 9.47 Å². The molecule has 3 nitrogen and oxygen atoms in total. The van der Waals surface area contributed by atoms with Gasteiger partial charge in [0.1, 0.15) is 0 Å². The van der Waals surface area contributed by atoms with E-state index in [4.69, 9.17) is 9.47 Å². The fourth-order valence-electron chi connectivity index (χ4n) is 1.65. The second kappa shape index (κ2) is 8.08. The Labute approximate surface area is 94.5 Å². The summed E-state index contributed by atoms with van der Waals surface area (Å²) < 4.78 is 10.2. The van der Waals surface area contributed by atoms with Crippen molar-refractivity contribution in [3.63, 3.8) is 0 Å². The molecule has 0 saturated carbocycles. The van der Waals surface area contributed by atoms with Crippen LogP contribution in [0.2, 0.25) is 0 Å². The monoisotopic (exact) mass is 217 g/mol. The fourth-order valence-corrected chi connectivity index (χ4v) is 1.65. The molecule has 0 aliphatic heterocycles.